The molecule has 1 unspecified atom stereocenters. The third kappa shape index (κ3) is 5.83. The minimum Gasteiger partial charge on any atom is -0.376 e. The smallest absolute Gasteiger partial charge is 0.224 e. The van der Waals surface area contributed by atoms with Crippen LogP contribution in [0.15, 0.2) is 0 Å². The molecule has 1 saturated carbocycles. The van der Waals surface area contributed by atoms with Crippen LogP contribution in [0.5, 0.6) is 0 Å². The van der Waals surface area contributed by atoms with Crippen LogP contribution in [0, 0.1) is 5.92 Å². The van der Waals surface area contributed by atoms with Gasteiger partial charge in [0.25, 0.3) is 0 Å². The number of carbonyl (C=O) groups is 1. The molecule has 3 N–H and O–H groups in total. The number of hydrogen-bond acceptors (Lipinski definition) is 3. The van der Waals surface area contributed by atoms with Crippen molar-refractivity contribution in [2.75, 3.05) is 19.7 Å². The lowest BCUT2D eigenvalue weighted by molar-refractivity contribution is -0.125. The fraction of sp³-hybridized carbons (Fsp3) is 0.929. The Morgan fingerprint density at radius 1 is 1.39 bits per heavy atom. The Bertz CT molecular complexity index is 228. The third-order valence-corrected chi connectivity index (χ3v) is 3.60. The molecule has 0 saturated heterocycles. The van der Waals surface area contributed by atoms with Gasteiger partial charge in [-0.15, -0.1) is 0 Å². The maximum Gasteiger partial charge on any atom is 0.224 e. The minimum atomic E-state index is -0.0373. The van der Waals surface area contributed by atoms with E-state index in [9.17, 15) is 4.79 Å². The van der Waals surface area contributed by atoms with Gasteiger partial charge in [-0.2, -0.15) is 0 Å². The molecule has 1 rings (SSSR count). The number of amides is 1. The van der Waals surface area contributed by atoms with Crippen LogP contribution in [-0.2, 0) is 9.53 Å². The second-order valence-corrected chi connectivity index (χ2v) is 5.14. The first kappa shape index (κ1) is 15.4. The van der Waals surface area contributed by atoms with E-state index < -0.39 is 0 Å². The highest BCUT2D eigenvalue weighted by Gasteiger charge is 2.16. The first-order chi connectivity index (χ1) is 8.77. The van der Waals surface area contributed by atoms with Crippen LogP contribution in [0.2, 0.25) is 0 Å². The number of hydrogen-bond donors (Lipinski definition) is 2. The topological polar surface area (TPSA) is 64.4 Å². The van der Waals surface area contributed by atoms with Gasteiger partial charge >= 0.3 is 0 Å². The molecule has 0 aromatic carbocycles. The Balaban J connectivity index is 2.07. The summed E-state index contributed by atoms with van der Waals surface area (Å²) in [5.74, 6) is 0.0382. The number of carbonyl (C=O) groups excluding carboxylic acids is 1. The molecule has 4 heteroatoms. The van der Waals surface area contributed by atoms with E-state index in [0.717, 1.165) is 12.8 Å². The first-order valence-corrected chi connectivity index (χ1v) is 7.37. The maximum absolute atomic E-state index is 11.8. The number of nitrogens with two attached hydrogens (primary N) is 1. The zero-order chi connectivity index (χ0) is 13.2. The zero-order valence-electron chi connectivity index (χ0n) is 11.6. The average molecular weight is 256 g/mol. The molecule has 0 aromatic heterocycles. The molecule has 1 aliphatic rings. The quantitative estimate of drug-likeness (QED) is 0.651. The molecule has 0 heterocycles. The lowest BCUT2D eigenvalue weighted by atomic mass is 9.98. The molecule has 0 bridgehead atoms. The van der Waals surface area contributed by atoms with Crippen LogP contribution in [0.1, 0.15) is 51.9 Å². The van der Waals surface area contributed by atoms with Crippen LogP contribution in [0.4, 0.5) is 0 Å². The first-order valence-electron chi connectivity index (χ1n) is 7.37. The molecule has 0 aromatic rings. The van der Waals surface area contributed by atoms with Crippen molar-refractivity contribution in [1.29, 1.82) is 0 Å². The van der Waals surface area contributed by atoms with Crippen molar-refractivity contribution in [3.63, 3.8) is 0 Å². The van der Waals surface area contributed by atoms with Crippen molar-refractivity contribution in [2.24, 2.45) is 11.7 Å². The highest BCUT2D eigenvalue weighted by Crippen LogP contribution is 2.19. The van der Waals surface area contributed by atoms with Crippen LogP contribution in [0.25, 0.3) is 0 Å². The standard InChI is InChI=1S/C14H28N2O2/c1-2-6-12(11-15)14(17)16-9-10-18-13-7-4-3-5-8-13/h12-13H,2-11,15H2,1H3,(H,16,17). The van der Waals surface area contributed by atoms with Gasteiger partial charge in [-0.25, -0.2) is 0 Å². The fourth-order valence-corrected chi connectivity index (χ4v) is 2.48. The second kappa shape index (κ2) is 9.34. The van der Waals surface area contributed by atoms with Gasteiger partial charge in [-0.1, -0.05) is 32.6 Å². The summed E-state index contributed by atoms with van der Waals surface area (Å²) in [6, 6.07) is 0. The highest BCUT2D eigenvalue weighted by molar-refractivity contribution is 5.78. The van der Waals surface area contributed by atoms with Gasteiger partial charge in [0, 0.05) is 13.1 Å². The third-order valence-electron chi connectivity index (χ3n) is 3.60. The van der Waals surface area contributed by atoms with Crippen LogP contribution in [0.3, 0.4) is 0 Å². The van der Waals surface area contributed by atoms with E-state index in [1.165, 1.54) is 32.1 Å². The van der Waals surface area contributed by atoms with Crippen LogP contribution < -0.4 is 11.1 Å². The molecule has 0 spiro atoms. The fourth-order valence-electron chi connectivity index (χ4n) is 2.48. The molecule has 1 atom stereocenters. The van der Waals surface area contributed by atoms with E-state index in [1.807, 2.05) is 0 Å². The van der Waals surface area contributed by atoms with Crippen molar-refractivity contribution in [3.05, 3.63) is 0 Å². The summed E-state index contributed by atoms with van der Waals surface area (Å²) in [4.78, 5) is 11.8. The summed E-state index contributed by atoms with van der Waals surface area (Å²) < 4.78 is 5.76. The molecule has 4 nitrogen and oxygen atoms in total. The Morgan fingerprint density at radius 3 is 2.72 bits per heavy atom. The van der Waals surface area contributed by atoms with Crippen LogP contribution >= 0.6 is 0 Å². The number of nitrogens with one attached hydrogen (secondary N) is 1. The monoisotopic (exact) mass is 256 g/mol. The molecule has 1 aliphatic carbocycles. The van der Waals surface area contributed by atoms with E-state index in [4.69, 9.17) is 10.5 Å². The summed E-state index contributed by atoms with van der Waals surface area (Å²) in [6.45, 7) is 3.74. The SMILES string of the molecule is CCCC(CN)C(=O)NCCOC1CCCCC1. The van der Waals surface area contributed by atoms with Gasteiger partial charge in [0.05, 0.1) is 18.6 Å². The molecule has 106 valence electrons. The van der Waals surface area contributed by atoms with Crippen molar-refractivity contribution in [1.82, 2.24) is 5.32 Å². The summed E-state index contributed by atoms with van der Waals surface area (Å²) in [6.07, 6.45) is 8.53. The van der Waals surface area contributed by atoms with Crippen molar-refractivity contribution < 1.29 is 9.53 Å². The van der Waals surface area contributed by atoms with Gasteiger partial charge in [-0.3, -0.25) is 4.79 Å². The minimum absolute atomic E-state index is 0.0373. The van der Waals surface area contributed by atoms with Gasteiger partial charge in [-0.05, 0) is 19.3 Å². The summed E-state index contributed by atoms with van der Waals surface area (Å²) in [7, 11) is 0. The van der Waals surface area contributed by atoms with Gasteiger partial charge in [0.15, 0.2) is 0 Å². The lowest BCUT2D eigenvalue weighted by Crippen LogP contribution is -2.37. The average Bonchev–Trinajstić information content (AvgIpc) is 2.42. The Kier molecular flexibility index (Phi) is 8.01. The van der Waals surface area contributed by atoms with Gasteiger partial charge in [0.2, 0.25) is 5.91 Å². The number of rotatable bonds is 8. The van der Waals surface area contributed by atoms with Crippen molar-refractivity contribution >= 4 is 5.91 Å². The normalized spacial score (nSPS) is 18.6. The molecular formula is C14H28N2O2. The summed E-state index contributed by atoms with van der Waals surface area (Å²) in [5, 5.41) is 2.91. The van der Waals surface area contributed by atoms with Crippen LogP contribution in [-0.4, -0.2) is 31.7 Å². The van der Waals surface area contributed by atoms with E-state index in [2.05, 4.69) is 12.2 Å². The van der Waals surface area contributed by atoms with E-state index in [0.29, 0.717) is 25.8 Å². The van der Waals surface area contributed by atoms with E-state index >= 15 is 0 Å². The second-order valence-electron chi connectivity index (χ2n) is 5.14. The van der Waals surface area contributed by atoms with Crippen molar-refractivity contribution in [2.45, 2.75) is 58.0 Å². The van der Waals surface area contributed by atoms with Gasteiger partial charge in [0.1, 0.15) is 0 Å². The summed E-state index contributed by atoms with van der Waals surface area (Å²) >= 11 is 0. The van der Waals surface area contributed by atoms with Gasteiger partial charge < -0.3 is 15.8 Å². The largest absolute Gasteiger partial charge is 0.376 e. The molecule has 0 aliphatic heterocycles. The highest BCUT2D eigenvalue weighted by atomic mass is 16.5. The molecule has 18 heavy (non-hydrogen) atoms. The Labute approximate surface area is 111 Å². The Morgan fingerprint density at radius 2 is 2.11 bits per heavy atom. The number of ether oxygens (including phenoxy) is 1. The molecule has 0 radical (unpaired) electrons. The molecule has 1 amide bonds. The van der Waals surface area contributed by atoms with E-state index in [1.54, 1.807) is 0 Å². The Hall–Kier alpha value is -0.610. The zero-order valence-corrected chi connectivity index (χ0v) is 11.6. The lowest BCUT2D eigenvalue weighted by Gasteiger charge is -2.22. The van der Waals surface area contributed by atoms with Crippen molar-refractivity contribution in [3.8, 4) is 0 Å². The predicted octanol–water partition coefficient (Wildman–Crippen LogP) is 1.83. The predicted molar refractivity (Wildman–Crippen MR) is 73.3 cm³/mol. The maximum atomic E-state index is 11.8. The molecular weight excluding hydrogens is 228 g/mol. The summed E-state index contributed by atoms with van der Waals surface area (Å²) in [5.41, 5.74) is 5.59. The van der Waals surface area contributed by atoms with E-state index in [-0.39, 0.29) is 11.8 Å². The molecule has 1 fully saturated rings.